The fourth-order valence-electron chi connectivity index (χ4n) is 3.43. The first kappa shape index (κ1) is 17.0. The standard InChI is InChI=1S/C15H27F3N2O/c1-14(2,20-7-9-21-10-8-20)11-19-13-6-4-3-5-12(13)15(16,17)18/h12-13,19H,3-11H2,1-2H3. The molecule has 1 saturated heterocycles. The highest BCUT2D eigenvalue weighted by atomic mass is 19.4. The van der Waals surface area contributed by atoms with Gasteiger partial charge in [0.2, 0.25) is 0 Å². The van der Waals surface area contributed by atoms with E-state index < -0.39 is 18.1 Å². The normalized spacial score (nSPS) is 29.6. The number of nitrogens with one attached hydrogen (secondary N) is 1. The summed E-state index contributed by atoms with van der Waals surface area (Å²) in [6.45, 7) is 7.89. The molecule has 1 aliphatic carbocycles. The SMILES string of the molecule is CC(C)(CNC1CCCCC1C(F)(F)F)N1CCOCC1. The molecule has 0 radical (unpaired) electrons. The zero-order valence-corrected chi connectivity index (χ0v) is 13.0. The van der Waals surface area contributed by atoms with E-state index in [9.17, 15) is 13.2 Å². The molecule has 1 aliphatic heterocycles. The van der Waals surface area contributed by atoms with E-state index in [2.05, 4.69) is 24.1 Å². The van der Waals surface area contributed by atoms with Crippen LogP contribution in [0.2, 0.25) is 0 Å². The molecule has 0 bridgehead atoms. The van der Waals surface area contributed by atoms with E-state index in [1.54, 1.807) is 0 Å². The van der Waals surface area contributed by atoms with Gasteiger partial charge < -0.3 is 10.1 Å². The molecule has 6 heteroatoms. The molecule has 0 aromatic heterocycles. The molecular formula is C15H27F3N2O. The molecule has 2 unspecified atom stereocenters. The largest absolute Gasteiger partial charge is 0.393 e. The van der Waals surface area contributed by atoms with Crippen molar-refractivity contribution < 1.29 is 17.9 Å². The molecule has 3 nitrogen and oxygen atoms in total. The maximum absolute atomic E-state index is 13.1. The number of hydrogen-bond donors (Lipinski definition) is 1. The van der Waals surface area contributed by atoms with Crippen molar-refractivity contribution in [2.24, 2.45) is 5.92 Å². The lowest BCUT2D eigenvalue weighted by molar-refractivity contribution is -0.189. The molecule has 0 amide bonds. The van der Waals surface area contributed by atoms with Gasteiger partial charge in [-0.1, -0.05) is 12.8 Å². The van der Waals surface area contributed by atoms with E-state index in [1.807, 2.05) is 0 Å². The van der Waals surface area contributed by atoms with Gasteiger partial charge in [-0.05, 0) is 26.7 Å². The van der Waals surface area contributed by atoms with Crippen LogP contribution in [-0.2, 0) is 4.74 Å². The second kappa shape index (κ2) is 6.84. The average molecular weight is 308 g/mol. The molecule has 0 aromatic rings. The zero-order valence-electron chi connectivity index (χ0n) is 13.0. The molecule has 0 spiro atoms. The molecular weight excluding hydrogens is 281 g/mol. The van der Waals surface area contributed by atoms with Gasteiger partial charge >= 0.3 is 6.18 Å². The molecule has 2 fully saturated rings. The Hall–Kier alpha value is -0.330. The number of alkyl halides is 3. The lowest BCUT2D eigenvalue weighted by atomic mass is 9.83. The van der Waals surface area contributed by atoms with Crippen molar-refractivity contribution in [3.63, 3.8) is 0 Å². The summed E-state index contributed by atoms with van der Waals surface area (Å²) in [5.41, 5.74) is -0.141. The summed E-state index contributed by atoms with van der Waals surface area (Å²) in [6.07, 6.45) is -1.61. The van der Waals surface area contributed by atoms with Crippen molar-refractivity contribution in [3.8, 4) is 0 Å². The average Bonchev–Trinajstić information content (AvgIpc) is 2.45. The van der Waals surface area contributed by atoms with Crippen LogP contribution in [0.1, 0.15) is 39.5 Å². The molecule has 2 aliphatic rings. The first-order chi connectivity index (χ1) is 9.81. The first-order valence-corrected chi connectivity index (χ1v) is 7.93. The highest BCUT2D eigenvalue weighted by Crippen LogP contribution is 2.37. The number of ether oxygens (including phenoxy) is 1. The van der Waals surface area contributed by atoms with Crippen LogP contribution in [0.15, 0.2) is 0 Å². The van der Waals surface area contributed by atoms with Crippen molar-refractivity contribution in [1.29, 1.82) is 0 Å². The molecule has 0 aromatic carbocycles. The van der Waals surface area contributed by atoms with Gasteiger partial charge in [0.05, 0.1) is 19.1 Å². The second-order valence-electron chi connectivity index (χ2n) is 6.83. The van der Waals surface area contributed by atoms with Crippen LogP contribution in [-0.4, -0.2) is 55.5 Å². The van der Waals surface area contributed by atoms with Crippen molar-refractivity contribution >= 4 is 0 Å². The Bertz CT molecular complexity index is 327. The highest BCUT2D eigenvalue weighted by Gasteiger charge is 2.45. The minimum absolute atomic E-state index is 0.141. The van der Waals surface area contributed by atoms with E-state index in [1.165, 1.54) is 0 Å². The fourth-order valence-corrected chi connectivity index (χ4v) is 3.43. The summed E-state index contributed by atoms with van der Waals surface area (Å²) in [4.78, 5) is 2.30. The monoisotopic (exact) mass is 308 g/mol. The predicted molar refractivity (Wildman–Crippen MR) is 76.3 cm³/mol. The summed E-state index contributed by atoms with van der Waals surface area (Å²) < 4.78 is 44.6. The highest BCUT2D eigenvalue weighted by molar-refractivity contribution is 4.91. The minimum atomic E-state index is -4.08. The summed E-state index contributed by atoms with van der Waals surface area (Å²) in [6, 6.07) is -0.431. The van der Waals surface area contributed by atoms with Crippen LogP contribution in [0, 0.1) is 5.92 Å². The van der Waals surface area contributed by atoms with E-state index in [0.29, 0.717) is 32.6 Å². The molecule has 1 N–H and O–H groups in total. The van der Waals surface area contributed by atoms with Crippen molar-refractivity contribution in [2.75, 3.05) is 32.8 Å². The van der Waals surface area contributed by atoms with E-state index in [4.69, 9.17) is 4.74 Å². The molecule has 21 heavy (non-hydrogen) atoms. The first-order valence-electron chi connectivity index (χ1n) is 7.93. The quantitative estimate of drug-likeness (QED) is 0.864. The number of halogens is 3. The van der Waals surface area contributed by atoms with Crippen molar-refractivity contribution in [3.05, 3.63) is 0 Å². The number of morpholine rings is 1. The van der Waals surface area contributed by atoms with E-state index in [0.717, 1.165) is 19.5 Å². The maximum Gasteiger partial charge on any atom is 0.393 e. The van der Waals surface area contributed by atoms with Crippen LogP contribution in [0.4, 0.5) is 13.2 Å². The Balaban J connectivity index is 1.90. The summed E-state index contributed by atoms with van der Waals surface area (Å²) in [5, 5.41) is 3.21. The third-order valence-electron chi connectivity index (χ3n) is 4.85. The van der Waals surface area contributed by atoms with Crippen LogP contribution >= 0.6 is 0 Å². The smallest absolute Gasteiger partial charge is 0.379 e. The van der Waals surface area contributed by atoms with E-state index in [-0.39, 0.29) is 12.0 Å². The lowest BCUT2D eigenvalue weighted by Gasteiger charge is -2.43. The van der Waals surface area contributed by atoms with Crippen LogP contribution in [0.5, 0.6) is 0 Å². The van der Waals surface area contributed by atoms with Crippen molar-refractivity contribution in [2.45, 2.75) is 57.3 Å². The Labute approximate surface area is 125 Å². The summed E-state index contributed by atoms with van der Waals surface area (Å²) >= 11 is 0. The van der Waals surface area contributed by atoms with Crippen molar-refractivity contribution in [1.82, 2.24) is 10.2 Å². The van der Waals surface area contributed by atoms with E-state index >= 15 is 0 Å². The third-order valence-corrected chi connectivity index (χ3v) is 4.85. The number of nitrogens with zero attached hydrogens (tertiary/aromatic N) is 1. The van der Waals surface area contributed by atoms with Gasteiger partial charge in [-0.15, -0.1) is 0 Å². The van der Waals surface area contributed by atoms with Gasteiger partial charge in [-0.2, -0.15) is 13.2 Å². The molecule has 124 valence electrons. The molecule has 1 saturated carbocycles. The Morgan fingerprint density at radius 1 is 1.10 bits per heavy atom. The number of rotatable bonds is 4. The Morgan fingerprint density at radius 2 is 1.71 bits per heavy atom. The van der Waals surface area contributed by atoms with Crippen LogP contribution < -0.4 is 5.32 Å². The Kier molecular flexibility index (Phi) is 5.54. The minimum Gasteiger partial charge on any atom is -0.379 e. The van der Waals surface area contributed by atoms with Gasteiger partial charge in [-0.3, -0.25) is 4.90 Å². The topological polar surface area (TPSA) is 24.5 Å². The van der Waals surface area contributed by atoms with Gasteiger partial charge in [-0.25, -0.2) is 0 Å². The summed E-state index contributed by atoms with van der Waals surface area (Å²) in [7, 11) is 0. The molecule has 2 rings (SSSR count). The predicted octanol–water partition coefficient (Wildman–Crippen LogP) is 2.81. The lowest BCUT2D eigenvalue weighted by Crippen LogP contribution is -2.57. The zero-order chi connectivity index (χ0) is 15.5. The Morgan fingerprint density at radius 3 is 2.33 bits per heavy atom. The van der Waals surface area contributed by atoms with Gasteiger partial charge in [0, 0.05) is 31.2 Å². The van der Waals surface area contributed by atoms with Gasteiger partial charge in [0.15, 0.2) is 0 Å². The third kappa shape index (κ3) is 4.57. The summed E-state index contributed by atoms with van der Waals surface area (Å²) in [5.74, 6) is -1.19. The van der Waals surface area contributed by atoms with Crippen LogP contribution in [0.25, 0.3) is 0 Å². The van der Waals surface area contributed by atoms with Crippen LogP contribution in [0.3, 0.4) is 0 Å². The maximum atomic E-state index is 13.1. The molecule has 2 atom stereocenters. The second-order valence-corrected chi connectivity index (χ2v) is 6.83. The fraction of sp³-hybridized carbons (Fsp3) is 1.00. The van der Waals surface area contributed by atoms with Gasteiger partial charge in [0.25, 0.3) is 0 Å². The number of hydrogen-bond acceptors (Lipinski definition) is 3. The van der Waals surface area contributed by atoms with Gasteiger partial charge in [0.1, 0.15) is 0 Å². The molecule has 1 heterocycles.